The lowest BCUT2D eigenvalue weighted by atomic mass is 9.92. The number of benzene rings is 1. The molecular weight excluding hydrogens is 366 g/mol. The van der Waals surface area contributed by atoms with E-state index in [2.05, 4.69) is 11.2 Å². The van der Waals surface area contributed by atoms with Gasteiger partial charge in [-0.2, -0.15) is 10.4 Å². The van der Waals surface area contributed by atoms with E-state index in [1.807, 2.05) is 45.9 Å². The van der Waals surface area contributed by atoms with Crippen LogP contribution in [0.25, 0.3) is 16.5 Å². The van der Waals surface area contributed by atoms with Gasteiger partial charge >= 0.3 is 6.03 Å². The maximum atomic E-state index is 12.8. The van der Waals surface area contributed by atoms with Crippen LogP contribution in [0.4, 0.5) is 4.79 Å². The molecule has 7 heteroatoms. The van der Waals surface area contributed by atoms with E-state index in [-0.39, 0.29) is 12.6 Å². The highest BCUT2D eigenvalue weighted by Crippen LogP contribution is 2.31. The van der Waals surface area contributed by atoms with Crippen molar-refractivity contribution in [3.8, 4) is 6.07 Å². The molecule has 29 heavy (non-hydrogen) atoms. The fourth-order valence-electron chi connectivity index (χ4n) is 4.49. The van der Waals surface area contributed by atoms with Gasteiger partial charge in [0.15, 0.2) is 0 Å². The highest BCUT2D eigenvalue weighted by atomic mass is 16.3. The molecule has 3 heterocycles. The molecule has 2 aliphatic heterocycles. The Bertz CT molecular complexity index is 969. The minimum atomic E-state index is 0.0904. The van der Waals surface area contributed by atoms with E-state index in [1.165, 1.54) is 0 Å². The Labute approximate surface area is 170 Å². The lowest BCUT2D eigenvalue weighted by molar-refractivity contribution is 0.112. The normalized spacial score (nSPS) is 18.2. The number of carbonyl (C=O) groups excluding carboxylic acids is 1. The lowest BCUT2D eigenvalue weighted by Gasteiger charge is -2.37. The molecule has 0 spiro atoms. The van der Waals surface area contributed by atoms with Crippen LogP contribution in [-0.4, -0.2) is 63.5 Å². The van der Waals surface area contributed by atoms with Crippen molar-refractivity contribution in [1.82, 2.24) is 19.6 Å². The zero-order valence-corrected chi connectivity index (χ0v) is 16.8. The van der Waals surface area contributed by atoms with Crippen LogP contribution in [0.5, 0.6) is 0 Å². The molecular formula is C22H27N5O2. The summed E-state index contributed by atoms with van der Waals surface area (Å²) in [5.41, 5.74) is 3.73. The van der Waals surface area contributed by atoms with Gasteiger partial charge in [-0.25, -0.2) is 4.79 Å². The SMILES string of the molecule is Cn1ncc2cccc(C(C#N)=C3CCN(C(=O)N4CCC(CO)CC4)CC3)c21. The Morgan fingerprint density at radius 2 is 1.90 bits per heavy atom. The smallest absolute Gasteiger partial charge is 0.320 e. The maximum Gasteiger partial charge on any atom is 0.320 e. The summed E-state index contributed by atoms with van der Waals surface area (Å²) in [6.45, 7) is 2.92. The standard InChI is InChI=1S/C22H27N5O2/c1-25-21-18(14-24-25)3-2-4-19(21)20(13-23)17-7-11-27(12-8-17)22(29)26-9-5-16(15-28)6-10-26/h2-4,14,16,28H,5-12,15H2,1H3. The van der Waals surface area contributed by atoms with E-state index in [4.69, 9.17) is 0 Å². The van der Waals surface area contributed by atoms with Crippen molar-refractivity contribution in [2.45, 2.75) is 25.7 Å². The number of aryl methyl sites for hydroxylation is 1. The van der Waals surface area contributed by atoms with Crippen LogP contribution in [0.15, 0.2) is 30.0 Å². The number of hydrogen-bond acceptors (Lipinski definition) is 4. The summed E-state index contributed by atoms with van der Waals surface area (Å²) < 4.78 is 1.82. The molecule has 1 aromatic carbocycles. The molecule has 0 unspecified atom stereocenters. The Balaban J connectivity index is 1.49. The first kappa shape index (κ1) is 19.5. The number of allylic oxidation sites excluding steroid dienone is 1. The number of aliphatic hydroxyl groups is 1. The number of rotatable bonds is 2. The number of para-hydroxylation sites is 1. The molecule has 0 saturated carbocycles. The van der Waals surface area contributed by atoms with Crippen molar-refractivity contribution >= 4 is 22.5 Å². The van der Waals surface area contributed by atoms with Gasteiger partial charge in [0.1, 0.15) is 0 Å². The number of urea groups is 1. The van der Waals surface area contributed by atoms with E-state index in [0.717, 1.165) is 66.4 Å². The highest BCUT2D eigenvalue weighted by Gasteiger charge is 2.28. The molecule has 2 saturated heterocycles. The molecule has 2 aromatic rings. The number of aliphatic hydroxyl groups excluding tert-OH is 1. The fraction of sp³-hybridized carbons (Fsp3) is 0.500. The number of nitriles is 1. The van der Waals surface area contributed by atoms with Gasteiger partial charge in [-0.05, 0) is 37.2 Å². The molecule has 2 amide bonds. The van der Waals surface area contributed by atoms with E-state index in [1.54, 1.807) is 0 Å². The van der Waals surface area contributed by atoms with Crippen LogP contribution in [0, 0.1) is 17.2 Å². The highest BCUT2D eigenvalue weighted by molar-refractivity contribution is 5.95. The first-order chi connectivity index (χ1) is 14.1. The summed E-state index contributed by atoms with van der Waals surface area (Å²) in [5, 5.41) is 24.5. The van der Waals surface area contributed by atoms with Gasteiger partial charge in [-0.1, -0.05) is 18.2 Å². The van der Waals surface area contributed by atoms with Crippen LogP contribution >= 0.6 is 0 Å². The van der Waals surface area contributed by atoms with Gasteiger partial charge in [0.05, 0.1) is 23.4 Å². The first-order valence-corrected chi connectivity index (χ1v) is 10.3. The van der Waals surface area contributed by atoms with E-state index >= 15 is 0 Å². The van der Waals surface area contributed by atoms with Crippen LogP contribution in [0.1, 0.15) is 31.2 Å². The topological polar surface area (TPSA) is 85.4 Å². The van der Waals surface area contributed by atoms with Gasteiger partial charge in [-0.15, -0.1) is 0 Å². The van der Waals surface area contributed by atoms with Gasteiger partial charge in [0.2, 0.25) is 0 Å². The summed E-state index contributed by atoms with van der Waals surface area (Å²) in [6, 6.07) is 8.46. The van der Waals surface area contributed by atoms with Crippen LogP contribution in [0.3, 0.4) is 0 Å². The van der Waals surface area contributed by atoms with Gasteiger partial charge in [-0.3, -0.25) is 4.68 Å². The summed E-state index contributed by atoms with van der Waals surface area (Å²) >= 11 is 0. The predicted octanol–water partition coefficient (Wildman–Crippen LogP) is 2.77. The van der Waals surface area contributed by atoms with Crippen molar-refractivity contribution in [3.05, 3.63) is 35.5 Å². The molecule has 4 rings (SSSR count). The largest absolute Gasteiger partial charge is 0.396 e. The molecule has 0 radical (unpaired) electrons. The minimum absolute atomic E-state index is 0.0904. The Morgan fingerprint density at radius 3 is 2.55 bits per heavy atom. The molecule has 2 fully saturated rings. The molecule has 2 aliphatic rings. The summed E-state index contributed by atoms with van der Waals surface area (Å²) in [7, 11) is 1.90. The second-order valence-corrected chi connectivity index (χ2v) is 7.98. The average Bonchev–Trinajstić information content (AvgIpc) is 3.16. The van der Waals surface area contributed by atoms with Crippen molar-refractivity contribution in [1.29, 1.82) is 5.26 Å². The van der Waals surface area contributed by atoms with Gasteiger partial charge in [0.25, 0.3) is 0 Å². The number of aromatic nitrogens is 2. The monoisotopic (exact) mass is 393 g/mol. The van der Waals surface area contributed by atoms with E-state index < -0.39 is 0 Å². The van der Waals surface area contributed by atoms with Crippen LogP contribution in [0.2, 0.25) is 0 Å². The summed E-state index contributed by atoms with van der Waals surface area (Å²) in [6.07, 6.45) is 4.99. The molecule has 0 aliphatic carbocycles. The Morgan fingerprint density at radius 1 is 1.21 bits per heavy atom. The van der Waals surface area contributed by atoms with Gasteiger partial charge in [0, 0.05) is 50.8 Å². The third-order valence-corrected chi connectivity index (χ3v) is 6.28. The molecule has 1 N–H and O–H groups in total. The van der Waals surface area contributed by atoms with E-state index in [9.17, 15) is 15.2 Å². The first-order valence-electron chi connectivity index (χ1n) is 10.3. The van der Waals surface area contributed by atoms with Crippen LogP contribution in [-0.2, 0) is 7.05 Å². The van der Waals surface area contributed by atoms with Crippen molar-refractivity contribution in [3.63, 3.8) is 0 Å². The summed E-state index contributed by atoms with van der Waals surface area (Å²) in [4.78, 5) is 16.7. The average molecular weight is 393 g/mol. The number of amides is 2. The molecule has 152 valence electrons. The quantitative estimate of drug-likeness (QED) is 0.795. The molecule has 0 atom stereocenters. The van der Waals surface area contributed by atoms with Crippen molar-refractivity contribution in [2.75, 3.05) is 32.8 Å². The van der Waals surface area contributed by atoms with E-state index in [0.29, 0.717) is 19.0 Å². The maximum absolute atomic E-state index is 12.8. The number of likely N-dealkylation sites (tertiary alicyclic amines) is 2. The van der Waals surface area contributed by atoms with Crippen molar-refractivity contribution in [2.24, 2.45) is 13.0 Å². The second kappa shape index (κ2) is 8.26. The molecule has 0 bridgehead atoms. The third kappa shape index (κ3) is 3.73. The Hall–Kier alpha value is -2.85. The molecule has 1 aromatic heterocycles. The van der Waals surface area contributed by atoms with Crippen LogP contribution < -0.4 is 0 Å². The minimum Gasteiger partial charge on any atom is -0.396 e. The second-order valence-electron chi connectivity index (χ2n) is 7.98. The Kier molecular flexibility index (Phi) is 5.54. The number of carbonyl (C=O) groups is 1. The van der Waals surface area contributed by atoms with Crippen molar-refractivity contribution < 1.29 is 9.90 Å². The number of fused-ring (bicyclic) bond motifs is 1. The predicted molar refractivity (Wildman–Crippen MR) is 111 cm³/mol. The van der Waals surface area contributed by atoms with Gasteiger partial charge < -0.3 is 14.9 Å². The molecule has 7 nitrogen and oxygen atoms in total. The number of nitrogens with zero attached hydrogens (tertiary/aromatic N) is 5. The lowest BCUT2D eigenvalue weighted by Crippen LogP contribution is -2.48. The fourth-order valence-corrected chi connectivity index (χ4v) is 4.49. The zero-order valence-electron chi connectivity index (χ0n) is 16.8. The zero-order chi connectivity index (χ0) is 20.4. The number of hydrogen-bond donors (Lipinski definition) is 1. The summed E-state index contributed by atoms with van der Waals surface area (Å²) in [5.74, 6) is 0.322. The number of piperidine rings is 2. The third-order valence-electron chi connectivity index (χ3n) is 6.28.